The van der Waals surface area contributed by atoms with Gasteiger partial charge in [0.2, 0.25) is 0 Å². The van der Waals surface area contributed by atoms with Gasteiger partial charge in [-0.05, 0) is 79.2 Å². The highest BCUT2D eigenvalue weighted by Crippen LogP contribution is 2.37. The molecule has 0 aliphatic rings. The Bertz CT molecular complexity index is 1230. The van der Waals surface area contributed by atoms with Crippen LogP contribution in [-0.4, -0.2) is 27.5 Å². The maximum absolute atomic E-state index is 13.5. The van der Waals surface area contributed by atoms with Crippen molar-refractivity contribution in [3.63, 3.8) is 0 Å². The van der Waals surface area contributed by atoms with Gasteiger partial charge in [0, 0.05) is 20.6 Å². The van der Waals surface area contributed by atoms with Gasteiger partial charge in [0.25, 0.3) is 0 Å². The Morgan fingerprint density at radius 3 is 2.47 bits per heavy atom. The van der Waals surface area contributed by atoms with E-state index < -0.39 is 12.6 Å². The van der Waals surface area contributed by atoms with Crippen LogP contribution in [0.1, 0.15) is 5.56 Å². The van der Waals surface area contributed by atoms with Gasteiger partial charge in [-0.25, -0.2) is 13.9 Å². The van der Waals surface area contributed by atoms with Crippen LogP contribution in [0, 0.1) is 12.7 Å². The monoisotopic (exact) mass is 514 g/mol. The number of benzene rings is 3. The summed E-state index contributed by atoms with van der Waals surface area (Å²) in [5.74, 6) is -1.01. The smallest absolute Gasteiger partial charge is 0.341 e. The number of rotatable bonds is 6. The number of halogens is 3. The zero-order chi connectivity index (χ0) is 22.8. The molecule has 0 amide bonds. The molecule has 0 spiro atoms. The van der Waals surface area contributed by atoms with E-state index in [9.17, 15) is 9.18 Å². The first-order valence-corrected chi connectivity index (χ1v) is 10.8. The first kappa shape index (κ1) is 22.0. The molecule has 1 N–H and O–H groups in total. The molecule has 0 radical (unpaired) electrons. The third kappa shape index (κ3) is 4.69. The molecule has 4 rings (SSSR count). The fraction of sp³-hybridized carbons (Fsp3) is 0.0833. The molecule has 5 nitrogen and oxygen atoms in total. The molecule has 0 atom stereocenters. The summed E-state index contributed by atoms with van der Waals surface area (Å²) in [5, 5.41) is 14.4. The van der Waals surface area contributed by atoms with Crippen molar-refractivity contribution in [2.24, 2.45) is 0 Å². The first-order valence-electron chi connectivity index (χ1n) is 9.59. The van der Waals surface area contributed by atoms with Gasteiger partial charge in [0.1, 0.15) is 11.6 Å². The van der Waals surface area contributed by atoms with E-state index in [-0.39, 0.29) is 5.82 Å². The Morgan fingerprint density at radius 1 is 1.12 bits per heavy atom. The minimum absolute atomic E-state index is 0.335. The predicted octanol–water partition coefficient (Wildman–Crippen LogP) is 6.53. The number of hydrogen-bond donors (Lipinski definition) is 1. The van der Waals surface area contributed by atoms with E-state index >= 15 is 0 Å². The van der Waals surface area contributed by atoms with Gasteiger partial charge < -0.3 is 9.84 Å². The lowest BCUT2D eigenvalue weighted by atomic mass is 10.1. The summed E-state index contributed by atoms with van der Waals surface area (Å²) in [5.41, 5.74) is 4.34. The van der Waals surface area contributed by atoms with Crippen LogP contribution in [0.5, 0.6) is 5.75 Å². The van der Waals surface area contributed by atoms with E-state index in [4.69, 9.17) is 26.5 Å². The van der Waals surface area contributed by atoms with Gasteiger partial charge in [-0.2, -0.15) is 5.10 Å². The summed E-state index contributed by atoms with van der Waals surface area (Å²) in [6, 6.07) is 18.8. The van der Waals surface area contributed by atoms with E-state index in [1.165, 1.54) is 12.1 Å². The maximum Gasteiger partial charge on any atom is 0.341 e. The third-order valence-electron chi connectivity index (χ3n) is 4.81. The first-order chi connectivity index (χ1) is 15.3. The van der Waals surface area contributed by atoms with Crippen molar-refractivity contribution in [2.75, 3.05) is 6.61 Å². The van der Waals surface area contributed by atoms with Crippen LogP contribution in [0.15, 0.2) is 71.2 Å². The van der Waals surface area contributed by atoms with Gasteiger partial charge in [0.15, 0.2) is 6.61 Å². The number of carboxylic acid groups (broad SMARTS) is 1. The number of ether oxygens (including phenoxy) is 1. The Morgan fingerprint density at radius 2 is 1.81 bits per heavy atom. The van der Waals surface area contributed by atoms with Crippen LogP contribution in [0.4, 0.5) is 4.39 Å². The molecule has 8 heteroatoms. The Hall–Kier alpha value is -3.16. The Labute approximate surface area is 197 Å². The highest BCUT2D eigenvalue weighted by atomic mass is 79.9. The fourth-order valence-electron chi connectivity index (χ4n) is 3.23. The molecule has 0 aliphatic heterocycles. The molecule has 1 aromatic heterocycles. The normalized spacial score (nSPS) is 10.9. The second-order valence-electron chi connectivity index (χ2n) is 7.09. The lowest BCUT2D eigenvalue weighted by Gasteiger charge is -2.11. The molecule has 0 saturated carbocycles. The largest absolute Gasteiger partial charge is 0.481 e. The molecule has 0 bridgehead atoms. The number of aromatic nitrogens is 2. The zero-order valence-electron chi connectivity index (χ0n) is 16.8. The number of aliphatic carboxylic acids is 1. The van der Waals surface area contributed by atoms with Crippen LogP contribution < -0.4 is 4.74 Å². The van der Waals surface area contributed by atoms with Gasteiger partial charge in [-0.3, -0.25) is 0 Å². The number of aryl methyl sites for hydroxylation is 1. The summed E-state index contributed by atoms with van der Waals surface area (Å²) in [7, 11) is 0. The van der Waals surface area contributed by atoms with Crippen LogP contribution >= 0.6 is 27.5 Å². The molecule has 3 aromatic carbocycles. The predicted molar refractivity (Wildman–Crippen MR) is 125 cm³/mol. The number of nitrogens with zero attached hydrogens (tertiary/aromatic N) is 2. The van der Waals surface area contributed by atoms with Gasteiger partial charge in [-0.15, -0.1) is 0 Å². The van der Waals surface area contributed by atoms with Crippen molar-refractivity contribution in [3.8, 4) is 34.0 Å². The van der Waals surface area contributed by atoms with E-state index in [0.717, 1.165) is 27.0 Å². The van der Waals surface area contributed by atoms with Crippen LogP contribution in [0.2, 0.25) is 5.02 Å². The standard InChI is InChI=1S/C24H17BrClFN2O3/c1-14-10-23(32-13-24(30)31)19(11-20(14)25)21-12-22(15-2-6-17(27)7-3-15)29(28-21)18-8-4-16(26)5-9-18/h2-12H,13H2,1H3,(H,30,31). The third-order valence-corrected chi connectivity index (χ3v) is 5.91. The van der Waals surface area contributed by atoms with Gasteiger partial charge in [-0.1, -0.05) is 27.5 Å². The molecular weight excluding hydrogens is 499 g/mol. The van der Waals surface area contributed by atoms with Crippen molar-refractivity contribution in [1.29, 1.82) is 0 Å². The summed E-state index contributed by atoms with van der Waals surface area (Å²) in [4.78, 5) is 11.1. The van der Waals surface area contributed by atoms with Crippen LogP contribution in [0.3, 0.4) is 0 Å². The van der Waals surface area contributed by atoms with E-state index in [1.54, 1.807) is 35.0 Å². The number of carbonyl (C=O) groups is 1. The van der Waals surface area contributed by atoms with Crippen molar-refractivity contribution in [3.05, 3.63) is 87.6 Å². The van der Waals surface area contributed by atoms with Crippen molar-refractivity contribution in [2.45, 2.75) is 6.92 Å². The summed E-state index contributed by atoms with van der Waals surface area (Å²) >= 11 is 9.57. The minimum Gasteiger partial charge on any atom is -0.481 e. The number of carboxylic acids is 1. The highest BCUT2D eigenvalue weighted by molar-refractivity contribution is 9.10. The lowest BCUT2D eigenvalue weighted by molar-refractivity contribution is -0.139. The summed E-state index contributed by atoms with van der Waals surface area (Å²) in [6.07, 6.45) is 0. The average Bonchev–Trinajstić information content (AvgIpc) is 3.20. The van der Waals surface area contributed by atoms with E-state index in [1.807, 2.05) is 31.2 Å². The minimum atomic E-state index is -1.07. The molecule has 0 aliphatic carbocycles. The molecule has 4 aromatic rings. The molecule has 1 heterocycles. The second kappa shape index (κ2) is 9.14. The summed E-state index contributed by atoms with van der Waals surface area (Å²) in [6.45, 7) is 1.41. The Kier molecular flexibility index (Phi) is 6.30. The fourth-order valence-corrected chi connectivity index (χ4v) is 3.70. The molecule has 0 saturated heterocycles. The van der Waals surface area contributed by atoms with E-state index in [0.29, 0.717) is 22.0 Å². The molecule has 32 heavy (non-hydrogen) atoms. The molecular formula is C24H17BrClFN2O3. The topological polar surface area (TPSA) is 64.3 Å². The summed E-state index contributed by atoms with van der Waals surface area (Å²) < 4.78 is 21.6. The second-order valence-corrected chi connectivity index (χ2v) is 8.38. The maximum atomic E-state index is 13.5. The molecule has 0 unspecified atom stereocenters. The van der Waals surface area contributed by atoms with Crippen LogP contribution in [0.25, 0.3) is 28.2 Å². The van der Waals surface area contributed by atoms with Crippen molar-refractivity contribution >= 4 is 33.5 Å². The number of hydrogen-bond acceptors (Lipinski definition) is 3. The quantitative estimate of drug-likeness (QED) is 0.317. The highest BCUT2D eigenvalue weighted by Gasteiger charge is 2.18. The zero-order valence-corrected chi connectivity index (χ0v) is 19.2. The molecule has 0 fully saturated rings. The Balaban J connectivity index is 1.90. The average molecular weight is 516 g/mol. The SMILES string of the molecule is Cc1cc(OCC(=O)O)c(-c2cc(-c3ccc(F)cc3)n(-c3ccc(Cl)cc3)n2)cc1Br. The van der Waals surface area contributed by atoms with E-state index in [2.05, 4.69) is 15.9 Å². The molecule has 162 valence electrons. The van der Waals surface area contributed by atoms with Gasteiger partial charge in [0.05, 0.1) is 17.1 Å². The lowest BCUT2D eigenvalue weighted by Crippen LogP contribution is -2.10. The van der Waals surface area contributed by atoms with Crippen LogP contribution in [-0.2, 0) is 4.79 Å². The van der Waals surface area contributed by atoms with Crippen molar-refractivity contribution < 1.29 is 19.0 Å². The van der Waals surface area contributed by atoms with Gasteiger partial charge >= 0.3 is 5.97 Å². The van der Waals surface area contributed by atoms with Crippen molar-refractivity contribution in [1.82, 2.24) is 9.78 Å².